The van der Waals surface area contributed by atoms with E-state index >= 15 is 0 Å². The van der Waals surface area contributed by atoms with E-state index in [0.717, 1.165) is 54.6 Å². The molecule has 38 heavy (non-hydrogen) atoms. The van der Waals surface area contributed by atoms with Crippen molar-refractivity contribution in [2.24, 2.45) is 34.5 Å². The molecular formula is C32H44N2O4. The van der Waals surface area contributed by atoms with Gasteiger partial charge in [-0.15, -0.1) is 0 Å². The fraction of sp³-hybridized carbons (Fsp3) is 0.656. The van der Waals surface area contributed by atoms with E-state index in [9.17, 15) is 14.4 Å². The normalized spacial score (nSPS) is 34.6. The van der Waals surface area contributed by atoms with Crippen LogP contribution in [0.5, 0.6) is 0 Å². The number of anilines is 1. The number of piperidine rings is 1. The molecule has 1 aromatic carbocycles. The number of carbonyl (C=O) groups excluding carboxylic acids is 3. The number of ether oxygens (including phenoxy) is 1. The Labute approximate surface area is 227 Å². The van der Waals surface area contributed by atoms with Crippen molar-refractivity contribution in [3.63, 3.8) is 0 Å². The van der Waals surface area contributed by atoms with Crippen molar-refractivity contribution in [1.29, 1.82) is 0 Å². The molecule has 206 valence electrons. The Morgan fingerprint density at radius 3 is 2.50 bits per heavy atom. The quantitative estimate of drug-likeness (QED) is 0.465. The van der Waals surface area contributed by atoms with E-state index in [0.29, 0.717) is 24.8 Å². The van der Waals surface area contributed by atoms with E-state index in [1.165, 1.54) is 0 Å². The number of allylic oxidation sites excluding steroid dienone is 2. The molecule has 1 aliphatic heterocycles. The highest BCUT2D eigenvalue weighted by molar-refractivity contribution is 5.94. The van der Waals surface area contributed by atoms with Gasteiger partial charge in [-0.1, -0.05) is 26.0 Å². The molecule has 1 aromatic rings. The molecule has 6 nitrogen and oxygen atoms in total. The highest BCUT2D eigenvalue weighted by Crippen LogP contribution is 2.65. The minimum absolute atomic E-state index is 0.0546. The predicted molar refractivity (Wildman–Crippen MR) is 148 cm³/mol. The molecule has 5 rings (SSSR count). The summed E-state index contributed by atoms with van der Waals surface area (Å²) in [5.41, 5.74) is 2.98. The maximum atomic E-state index is 13.7. The van der Waals surface area contributed by atoms with Crippen LogP contribution in [0.4, 0.5) is 10.5 Å². The van der Waals surface area contributed by atoms with Crippen LogP contribution in [0.15, 0.2) is 30.0 Å². The van der Waals surface area contributed by atoms with Gasteiger partial charge in [-0.05, 0) is 107 Å². The second-order valence-electron chi connectivity index (χ2n) is 13.9. The van der Waals surface area contributed by atoms with Crippen molar-refractivity contribution in [3.05, 3.63) is 41.1 Å². The summed E-state index contributed by atoms with van der Waals surface area (Å²) in [6.45, 7) is 14.8. The van der Waals surface area contributed by atoms with Crippen molar-refractivity contribution < 1.29 is 19.1 Å². The number of benzene rings is 1. The van der Waals surface area contributed by atoms with Crippen molar-refractivity contribution >= 4 is 23.5 Å². The van der Waals surface area contributed by atoms with Gasteiger partial charge in [-0.3, -0.25) is 14.5 Å². The van der Waals surface area contributed by atoms with Crippen LogP contribution in [0.2, 0.25) is 0 Å². The van der Waals surface area contributed by atoms with E-state index in [2.05, 4.69) is 37.4 Å². The Hall–Kier alpha value is -2.63. The van der Waals surface area contributed by atoms with Crippen LogP contribution in [-0.4, -0.2) is 34.8 Å². The van der Waals surface area contributed by atoms with E-state index < -0.39 is 5.60 Å². The fourth-order valence-corrected chi connectivity index (χ4v) is 8.32. The standard InChI is InChI=1S/C32H44N2O4/c1-19-8-9-20(2)26(16-19)33-28(36)25-11-10-23-22-18-34(29(37)38-30(3,4)5)27-17-21(35)12-14-32(27,7)24(22)13-15-31(23,25)6/h8-9,16-17,22-25H,10-15,18H2,1-7H3,(H,33,36)/t22?,23?,24?,25-,31+,32-/m1/s1. The zero-order valence-electron chi connectivity index (χ0n) is 24.1. The molecular weight excluding hydrogens is 476 g/mol. The third kappa shape index (κ3) is 4.48. The number of amides is 2. The first-order chi connectivity index (χ1) is 17.7. The number of hydrogen-bond acceptors (Lipinski definition) is 4. The Balaban J connectivity index is 1.44. The van der Waals surface area contributed by atoms with E-state index in [4.69, 9.17) is 4.74 Å². The van der Waals surface area contributed by atoms with Crippen LogP contribution >= 0.6 is 0 Å². The number of nitrogens with one attached hydrogen (secondary N) is 1. The molecule has 1 N–H and O–H groups in total. The van der Waals surface area contributed by atoms with Gasteiger partial charge < -0.3 is 10.1 Å². The Kier molecular flexibility index (Phi) is 6.55. The number of hydrogen-bond donors (Lipinski definition) is 1. The summed E-state index contributed by atoms with van der Waals surface area (Å²) in [5.74, 6) is 1.17. The Bertz CT molecular complexity index is 1200. The summed E-state index contributed by atoms with van der Waals surface area (Å²) in [6, 6.07) is 6.18. The lowest BCUT2D eigenvalue weighted by atomic mass is 9.49. The summed E-state index contributed by atoms with van der Waals surface area (Å²) in [6.07, 6.45) is 6.49. The average molecular weight is 521 g/mol. The molecule has 3 aliphatic carbocycles. The SMILES string of the molecule is Cc1ccc(C)c(NC(=O)[C@H]2CCC3C4CN(C(=O)OC(C)(C)C)C5=CC(=O)CC[C@]5(C)C4CC[C@@]32C)c1. The summed E-state index contributed by atoms with van der Waals surface area (Å²) < 4.78 is 5.84. The lowest BCUT2D eigenvalue weighted by Crippen LogP contribution is -2.59. The molecule has 0 aromatic heterocycles. The maximum Gasteiger partial charge on any atom is 0.414 e. The van der Waals surface area contributed by atoms with Crippen LogP contribution in [-0.2, 0) is 14.3 Å². The molecule has 0 bridgehead atoms. The van der Waals surface area contributed by atoms with Crippen molar-refractivity contribution in [2.75, 3.05) is 11.9 Å². The van der Waals surface area contributed by atoms with E-state index in [-0.39, 0.29) is 40.4 Å². The third-order valence-electron chi connectivity index (χ3n) is 10.3. The molecule has 3 unspecified atom stereocenters. The molecule has 2 saturated carbocycles. The Morgan fingerprint density at radius 1 is 1.05 bits per heavy atom. The first-order valence-electron chi connectivity index (χ1n) is 14.4. The van der Waals surface area contributed by atoms with Crippen molar-refractivity contribution in [3.8, 4) is 0 Å². The number of nitrogens with zero attached hydrogens (tertiary/aromatic N) is 1. The van der Waals surface area contributed by atoms with Gasteiger partial charge in [0.25, 0.3) is 0 Å². The number of ketones is 1. The molecule has 6 atom stereocenters. The summed E-state index contributed by atoms with van der Waals surface area (Å²) >= 11 is 0. The maximum absolute atomic E-state index is 13.7. The summed E-state index contributed by atoms with van der Waals surface area (Å²) in [5, 5.41) is 3.26. The van der Waals surface area contributed by atoms with E-state index in [1.54, 1.807) is 11.0 Å². The summed E-state index contributed by atoms with van der Waals surface area (Å²) in [4.78, 5) is 41.5. The number of aryl methyl sites for hydroxylation is 2. The van der Waals surface area contributed by atoms with Gasteiger partial charge in [0.1, 0.15) is 5.60 Å². The molecule has 2 amide bonds. The smallest absolute Gasteiger partial charge is 0.414 e. The fourth-order valence-electron chi connectivity index (χ4n) is 8.32. The van der Waals surface area contributed by atoms with E-state index in [1.807, 2.05) is 34.6 Å². The van der Waals surface area contributed by atoms with Gasteiger partial charge >= 0.3 is 6.09 Å². The zero-order chi connectivity index (χ0) is 27.6. The minimum Gasteiger partial charge on any atom is -0.443 e. The predicted octanol–water partition coefficient (Wildman–Crippen LogP) is 6.80. The Morgan fingerprint density at radius 2 is 1.79 bits per heavy atom. The number of fused-ring (bicyclic) bond motifs is 5. The summed E-state index contributed by atoms with van der Waals surface area (Å²) in [7, 11) is 0. The van der Waals surface area contributed by atoms with Gasteiger partial charge in [0.2, 0.25) is 5.91 Å². The van der Waals surface area contributed by atoms with Crippen LogP contribution in [0.3, 0.4) is 0 Å². The zero-order valence-corrected chi connectivity index (χ0v) is 24.1. The topological polar surface area (TPSA) is 75.7 Å². The molecule has 6 heteroatoms. The third-order valence-corrected chi connectivity index (χ3v) is 10.3. The first-order valence-corrected chi connectivity index (χ1v) is 14.4. The van der Waals surface area contributed by atoms with Crippen LogP contribution in [0.25, 0.3) is 0 Å². The first kappa shape index (κ1) is 27.0. The van der Waals surface area contributed by atoms with Crippen molar-refractivity contribution in [2.45, 2.75) is 92.6 Å². The van der Waals surface area contributed by atoms with Crippen LogP contribution in [0.1, 0.15) is 84.3 Å². The molecule has 0 radical (unpaired) electrons. The molecule has 0 spiro atoms. The van der Waals surface area contributed by atoms with Crippen molar-refractivity contribution in [1.82, 2.24) is 4.90 Å². The lowest BCUT2D eigenvalue weighted by molar-refractivity contribution is -0.129. The monoisotopic (exact) mass is 520 g/mol. The van der Waals surface area contributed by atoms with Gasteiger partial charge in [-0.2, -0.15) is 0 Å². The minimum atomic E-state index is -0.616. The van der Waals surface area contributed by atoms with Gasteiger partial charge in [0.15, 0.2) is 5.78 Å². The van der Waals surface area contributed by atoms with Gasteiger partial charge in [0.05, 0.1) is 0 Å². The number of likely N-dealkylation sites (tertiary alicyclic amines) is 1. The molecule has 1 saturated heterocycles. The number of carbonyl (C=O) groups is 3. The van der Waals surface area contributed by atoms with Gasteiger partial charge in [0, 0.05) is 41.8 Å². The highest BCUT2D eigenvalue weighted by atomic mass is 16.6. The average Bonchev–Trinajstić information content (AvgIpc) is 3.18. The van der Waals surface area contributed by atoms with Crippen LogP contribution < -0.4 is 5.32 Å². The second-order valence-corrected chi connectivity index (χ2v) is 13.9. The molecule has 3 fully saturated rings. The molecule has 4 aliphatic rings. The van der Waals surface area contributed by atoms with Gasteiger partial charge in [-0.25, -0.2) is 4.79 Å². The second kappa shape index (κ2) is 9.24. The lowest BCUT2D eigenvalue weighted by Gasteiger charge is -2.60. The molecule has 1 heterocycles. The van der Waals surface area contributed by atoms with Crippen LogP contribution in [0, 0.1) is 48.3 Å². The highest BCUT2D eigenvalue weighted by Gasteiger charge is 2.62. The largest absolute Gasteiger partial charge is 0.443 e. The number of rotatable bonds is 2.